The molecule has 3 rings (SSSR count). The molecule has 1 aromatic carbocycles. The maximum atomic E-state index is 12.5. The van der Waals surface area contributed by atoms with Crippen LogP contribution in [0.2, 0.25) is 0 Å². The second-order valence-electron chi connectivity index (χ2n) is 5.59. The van der Waals surface area contributed by atoms with Crippen LogP contribution in [-0.2, 0) is 6.54 Å². The van der Waals surface area contributed by atoms with Gasteiger partial charge in [-0.15, -0.1) is 0 Å². The number of hydrogen-bond acceptors (Lipinski definition) is 6. The van der Waals surface area contributed by atoms with Crippen LogP contribution in [0.3, 0.4) is 0 Å². The van der Waals surface area contributed by atoms with Gasteiger partial charge in [0.05, 0.1) is 11.9 Å². The van der Waals surface area contributed by atoms with Crippen molar-refractivity contribution in [2.45, 2.75) is 20.4 Å². The molecule has 0 aliphatic carbocycles. The Morgan fingerprint density at radius 1 is 1.20 bits per heavy atom. The van der Waals surface area contributed by atoms with Crippen molar-refractivity contribution in [1.29, 1.82) is 0 Å². The molecule has 3 aromatic rings. The zero-order valence-corrected chi connectivity index (χ0v) is 14.7. The number of hydrogen-bond donors (Lipinski definition) is 3. The third-order valence-electron chi connectivity index (χ3n) is 3.81. The van der Waals surface area contributed by atoms with E-state index in [0.717, 1.165) is 11.1 Å². The maximum Gasteiger partial charge on any atom is 0.267 e. The van der Waals surface area contributed by atoms with Crippen LogP contribution in [0.4, 0.5) is 10.8 Å². The van der Waals surface area contributed by atoms with E-state index in [1.54, 1.807) is 37.6 Å². The normalized spacial score (nSPS) is 10.5. The van der Waals surface area contributed by atoms with E-state index in [1.165, 1.54) is 11.3 Å². The van der Waals surface area contributed by atoms with E-state index in [4.69, 9.17) is 0 Å². The first kappa shape index (κ1) is 16.9. The number of thiazole rings is 1. The highest BCUT2D eigenvalue weighted by Crippen LogP contribution is 2.29. The first-order valence-corrected chi connectivity index (χ1v) is 8.55. The van der Waals surface area contributed by atoms with Gasteiger partial charge in [0.1, 0.15) is 10.6 Å². The number of amides is 1. The Balaban J connectivity index is 1.68. The molecule has 1 amide bonds. The van der Waals surface area contributed by atoms with Crippen molar-refractivity contribution in [3.8, 4) is 5.75 Å². The Morgan fingerprint density at radius 2 is 1.96 bits per heavy atom. The Bertz CT molecular complexity index is 893. The molecule has 6 nitrogen and oxygen atoms in total. The number of phenolic OH excluding ortho intramolecular Hbond substituents is 1. The van der Waals surface area contributed by atoms with Crippen molar-refractivity contribution < 1.29 is 9.90 Å². The summed E-state index contributed by atoms with van der Waals surface area (Å²) in [6, 6.07) is 7.23. The van der Waals surface area contributed by atoms with Crippen LogP contribution in [0.15, 0.2) is 42.9 Å². The molecule has 0 aliphatic heterocycles. The molecule has 0 radical (unpaired) electrons. The molecule has 0 aliphatic rings. The molecule has 0 saturated heterocycles. The highest BCUT2D eigenvalue weighted by Gasteiger charge is 2.14. The molecule has 0 fully saturated rings. The number of nitrogens with zero attached hydrogens (tertiary/aromatic N) is 2. The quantitative estimate of drug-likeness (QED) is 0.650. The number of pyridine rings is 1. The standard InChI is InChI=1S/C18H18N4O2S/c1-11-3-4-14(23)12(2)16(11)22-17(24)15-10-21-18(25-15)20-9-13-5-7-19-8-6-13/h3-8,10,23H,9H2,1-2H3,(H,20,21)(H,22,24). The van der Waals surface area contributed by atoms with Gasteiger partial charge in [-0.3, -0.25) is 9.78 Å². The third kappa shape index (κ3) is 3.95. The third-order valence-corrected chi connectivity index (χ3v) is 4.76. The topological polar surface area (TPSA) is 87.1 Å². The summed E-state index contributed by atoms with van der Waals surface area (Å²) in [7, 11) is 0. The summed E-state index contributed by atoms with van der Waals surface area (Å²) in [5.74, 6) is -0.0869. The number of aromatic nitrogens is 2. The van der Waals surface area contributed by atoms with Crippen molar-refractivity contribution in [3.63, 3.8) is 0 Å². The predicted molar refractivity (Wildman–Crippen MR) is 99.2 cm³/mol. The van der Waals surface area contributed by atoms with Gasteiger partial charge in [0.2, 0.25) is 0 Å². The van der Waals surface area contributed by atoms with Crippen molar-refractivity contribution in [1.82, 2.24) is 9.97 Å². The second kappa shape index (κ2) is 7.31. The number of nitrogens with one attached hydrogen (secondary N) is 2. The molecular weight excluding hydrogens is 336 g/mol. The average Bonchev–Trinajstić information content (AvgIpc) is 3.10. The Kier molecular flexibility index (Phi) is 4.95. The van der Waals surface area contributed by atoms with Crippen LogP contribution in [0.25, 0.3) is 0 Å². The molecule has 2 aromatic heterocycles. The zero-order valence-electron chi connectivity index (χ0n) is 13.9. The number of aryl methyl sites for hydroxylation is 1. The summed E-state index contributed by atoms with van der Waals surface area (Å²) < 4.78 is 0. The van der Waals surface area contributed by atoms with Gasteiger partial charge >= 0.3 is 0 Å². The lowest BCUT2D eigenvalue weighted by Gasteiger charge is -2.11. The van der Waals surface area contributed by atoms with Crippen LogP contribution in [0.5, 0.6) is 5.75 Å². The average molecular weight is 354 g/mol. The summed E-state index contributed by atoms with van der Waals surface area (Å²) in [5, 5.41) is 16.5. The summed E-state index contributed by atoms with van der Waals surface area (Å²) in [6.45, 7) is 4.27. The molecular formula is C18H18N4O2S. The van der Waals surface area contributed by atoms with E-state index in [1.807, 2.05) is 19.1 Å². The lowest BCUT2D eigenvalue weighted by molar-refractivity contribution is 0.103. The van der Waals surface area contributed by atoms with Gasteiger partial charge in [0, 0.05) is 24.5 Å². The Labute approximate surface area is 149 Å². The van der Waals surface area contributed by atoms with E-state index in [-0.39, 0.29) is 11.7 Å². The van der Waals surface area contributed by atoms with Gasteiger partial charge in [-0.2, -0.15) is 0 Å². The van der Waals surface area contributed by atoms with Gasteiger partial charge in [0.25, 0.3) is 5.91 Å². The largest absolute Gasteiger partial charge is 0.508 e. The molecule has 7 heteroatoms. The lowest BCUT2D eigenvalue weighted by atomic mass is 10.1. The first-order valence-electron chi connectivity index (χ1n) is 7.73. The van der Waals surface area contributed by atoms with E-state index in [0.29, 0.717) is 27.8 Å². The van der Waals surface area contributed by atoms with Gasteiger partial charge in [0.15, 0.2) is 5.13 Å². The number of benzene rings is 1. The van der Waals surface area contributed by atoms with Crippen LogP contribution in [-0.4, -0.2) is 21.0 Å². The van der Waals surface area contributed by atoms with Crippen LogP contribution < -0.4 is 10.6 Å². The summed E-state index contributed by atoms with van der Waals surface area (Å²) in [4.78, 5) is 21.2. The minimum absolute atomic E-state index is 0.157. The molecule has 0 bridgehead atoms. The number of phenols is 1. The van der Waals surface area contributed by atoms with Crippen LogP contribution >= 0.6 is 11.3 Å². The van der Waals surface area contributed by atoms with Crippen molar-refractivity contribution in [2.75, 3.05) is 10.6 Å². The lowest BCUT2D eigenvalue weighted by Crippen LogP contribution is -2.12. The van der Waals surface area contributed by atoms with Gasteiger partial charge < -0.3 is 15.7 Å². The monoisotopic (exact) mass is 354 g/mol. The van der Waals surface area contributed by atoms with E-state index >= 15 is 0 Å². The van der Waals surface area contributed by atoms with E-state index in [2.05, 4.69) is 20.6 Å². The Hall–Kier alpha value is -2.93. The maximum absolute atomic E-state index is 12.5. The molecule has 0 spiro atoms. The molecule has 0 atom stereocenters. The van der Waals surface area contributed by atoms with E-state index < -0.39 is 0 Å². The van der Waals surface area contributed by atoms with Crippen molar-refractivity contribution in [3.05, 3.63) is 64.4 Å². The summed E-state index contributed by atoms with van der Waals surface area (Å²) >= 11 is 1.28. The van der Waals surface area contributed by atoms with Gasteiger partial charge in [-0.05, 0) is 43.2 Å². The fourth-order valence-corrected chi connectivity index (χ4v) is 3.05. The number of anilines is 2. The predicted octanol–water partition coefficient (Wildman–Crippen LogP) is 3.72. The highest BCUT2D eigenvalue weighted by molar-refractivity contribution is 7.17. The molecule has 25 heavy (non-hydrogen) atoms. The number of carbonyl (C=O) groups excluding carboxylic acids is 1. The molecule has 0 unspecified atom stereocenters. The number of carbonyl (C=O) groups is 1. The molecule has 3 N–H and O–H groups in total. The number of aromatic hydroxyl groups is 1. The molecule has 2 heterocycles. The second-order valence-corrected chi connectivity index (χ2v) is 6.63. The minimum Gasteiger partial charge on any atom is -0.508 e. The van der Waals surface area contributed by atoms with Crippen LogP contribution in [0, 0.1) is 13.8 Å². The van der Waals surface area contributed by atoms with Crippen molar-refractivity contribution >= 4 is 28.1 Å². The fourth-order valence-electron chi connectivity index (χ4n) is 2.34. The minimum atomic E-state index is -0.244. The number of rotatable bonds is 5. The van der Waals surface area contributed by atoms with E-state index in [9.17, 15) is 9.90 Å². The highest BCUT2D eigenvalue weighted by atomic mass is 32.1. The smallest absolute Gasteiger partial charge is 0.267 e. The van der Waals surface area contributed by atoms with Crippen molar-refractivity contribution in [2.24, 2.45) is 0 Å². The molecule has 0 saturated carbocycles. The zero-order chi connectivity index (χ0) is 17.8. The SMILES string of the molecule is Cc1ccc(O)c(C)c1NC(=O)c1cnc(NCc2ccncc2)s1. The fraction of sp³-hybridized carbons (Fsp3) is 0.167. The summed E-state index contributed by atoms with van der Waals surface area (Å²) in [6.07, 6.45) is 5.01. The Morgan fingerprint density at radius 3 is 2.72 bits per heavy atom. The molecule has 128 valence electrons. The summed E-state index contributed by atoms with van der Waals surface area (Å²) in [5.41, 5.74) is 3.25. The first-order chi connectivity index (χ1) is 12.0. The van der Waals surface area contributed by atoms with Gasteiger partial charge in [-0.1, -0.05) is 17.4 Å². The van der Waals surface area contributed by atoms with Gasteiger partial charge in [-0.25, -0.2) is 4.98 Å². The van der Waals surface area contributed by atoms with Crippen LogP contribution in [0.1, 0.15) is 26.4 Å².